The molecule has 3 rings (SSSR count). The molecule has 0 atom stereocenters. The number of likely N-dealkylation sites (tertiary alicyclic amines) is 1. The number of carbonyl (C=O) groups excluding carboxylic acids is 1. The van der Waals surface area contributed by atoms with Gasteiger partial charge in [-0.15, -0.1) is 0 Å². The average molecular weight is 368 g/mol. The molecule has 5 heteroatoms. The van der Waals surface area contributed by atoms with E-state index in [1.165, 1.54) is 5.56 Å². The molecule has 0 aromatic heterocycles. The van der Waals surface area contributed by atoms with Crippen LogP contribution < -0.4 is 14.8 Å². The topological polar surface area (TPSA) is 50.8 Å². The Hall–Kier alpha value is -2.53. The van der Waals surface area contributed by atoms with E-state index in [9.17, 15) is 4.79 Å². The van der Waals surface area contributed by atoms with Crippen LogP contribution in [0, 0.1) is 13.8 Å². The van der Waals surface area contributed by atoms with Crippen LogP contribution in [0.4, 0.5) is 5.69 Å². The van der Waals surface area contributed by atoms with Crippen LogP contribution in [-0.2, 0) is 4.79 Å². The molecule has 0 bridgehead atoms. The number of hydrogen-bond donors (Lipinski definition) is 1. The molecular weight excluding hydrogens is 340 g/mol. The average Bonchev–Trinajstić information content (AvgIpc) is 2.64. The van der Waals surface area contributed by atoms with E-state index in [-0.39, 0.29) is 18.6 Å². The third-order valence-corrected chi connectivity index (χ3v) is 4.80. The number of rotatable bonds is 6. The van der Waals surface area contributed by atoms with E-state index < -0.39 is 0 Å². The molecule has 2 aromatic carbocycles. The van der Waals surface area contributed by atoms with Gasteiger partial charge in [-0.3, -0.25) is 4.79 Å². The Labute approximate surface area is 161 Å². The predicted octanol–water partition coefficient (Wildman–Crippen LogP) is 3.79. The molecule has 1 N–H and O–H groups in total. The van der Waals surface area contributed by atoms with Crippen molar-refractivity contribution in [2.24, 2.45) is 0 Å². The van der Waals surface area contributed by atoms with E-state index in [4.69, 9.17) is 9.47 Å². The van der Waals surface area contributed by atoms with E-state index in [1.54, 1.807) is 0 Å². The van der Waals surface area contributed by atoms with Gasteiger partial charge in [0.05, 0.1) is 0 Å². The van der Waals surface area contributed by atoms with Crippen LogP contribution in [0.1, 0.15) is 24.0 Å². The van der Waals surface area contributed by atoms with Crippen molar-refractivity contribution < 1.29 is 14.3 Å². The molecule has 1 aliphatic rings. The second-order valence-corrected chi connectivity index (χ2v) is 7.25. The Bertz CT molecular complexity index is 766. The smallest absolute Gasteiger partial charge is 0.262 e. The molecule has 0 spiro atoms. The molecule has 1 aliphatic heterocycles. The number of nitrogens with zero attached hydrogens (tertiary/aromatic N) is 1. The van der Waals surface area contributed by atoms with Gasteiger partial charge in [0.15, 0.2) is 6.61 Å². The molecule has 0 saturated carbocycles. The lowest BCUT2D eigenvalue weighted by molar-refractivity contribution is -0.118. The lowest BCUT2D eigenvalue weighted by Crippen LogP contribution is -2.35. The quantitative estimate of drug-likeness (QED) is 0.843. The summed E-state index contributed by atoms with van der Waals surface area (Å²) in [7, 11) is 2.14. The van der Waals surface area contributed by atoms with Gasteiger partial charge in [-0.05, 0) is 69.6 Å². The zero-order chi connectivity index (χ0) is 19.2. The second-order valence-electron chi connectivity index (χ2n) is 7.25. The first-order chi connectivity index (χ1) is 13.0. The monoisotopic (exact) mass is 368 g/mol. The Morgan fingerprint density at radius 1 is 1.11 bits per heavy atom. The van der Waals surface area contributed by atoms with Crippen LogP contribution >= 0.6 is 0 Å². The Kier molecular flexibility index (Phi) is 6.35. The van der Waals surface area contributed by atoms with Gasteiger partial charge in [0.1, 0.15) is 17.6 Å². The van der Waals surface area contributed by atoms with E-state index in [1.807, 2.05) is 56.3 Å². The van der Waals surface area contributed by atoms with Crippen LogP contribution in [0.3, 0.4) is 0 Å². The second kappa shape index (κ2) is 8.91. The van der Waals surface area contributed by atoms with Gasteiger partial charge in [0.25, 0.3) is 5.91 Å². The van der Waals surface area contributed by atoms with Crippen molar-refractivity contribution in [3.8, 4) is 11.5 Å². The molecule has 144 valence electrons. The summed E-state index contributed by atoms with van der Waals surface area (Å²) in [6, 6.07) is 13.4. The third kappa shape index (κ3) is 5.73. The number of anilines is 1. The van der Waals surface area contributed by atoms with Crippen molar-refractivity contribution in [1.82, 2.24) is 4.90 Å². The fourth-order valence-corrected chi connectivity index (χ4v) is 3.21. The van der Waals surface area contributed by atoms with Gasteiger partial charge in [-0.2, -0.15) is 0 Å². The van der Waals surface area contributed by atoms with Crippen molar-refractivity contribution in [1.29, 1.82) is 0 Å². The van der Waals surface area contributed by atoms with Crippen molar-refractivity contribution >= 4 is 11.6 Å². The summed E-state index contributed by atoms with van der Waals surface area (Å²) in [5.74, 6) is 1.39. The summed E-state index contributed by atoms with van der Waals surface area (Å²) in [6.45, 7) is 6.13. The summed E-state index contributed by atoms with van der Waals surface area (Å²) < 4.78 is 11.6. The van der Waals surface area contributed by atoms with Crippen LogP contribution in [0.5, 0.6) is 11.5 Å². The molecule has 1 heterocycles. The number of benzene rings is 2. The number of aryl methyl sites for hydroxylation is 2. The standard InChI is InChI=1S/C22H28N2O3/c1-16-4-9-21(17(2)14-16)26-15-22(25)23-18-5-7-19(8-6-18)27-20-10-12-24(3)13-11-20/h4-9,14,20H,10-13,15H2,1-3H3,(H,23,25). The number of piperidine rings is 1. The van der Waals surface area contributed by atoms with E-state index in [0.717, 1.165) is 48.7 Å². The van der Waals surface area contributed by atoms with Gasteiger partial charge in [-0.1, -0.05) is 17.7 Å². The summed E-state index contributed by atoms with van der Waals surface area (Å²) in [6.07, 6.45) is 2.36. The highest BCUT2D eigenvalue weighted by Crippen LogP contribution is 2.21. The molecule has 0 unspecified atom stereocenters. The SMILES string of the molecule is Cc1ccc(OCC(=O)Nc2ccc(OC3CCN(C)CC3)cc2)c(C)c1. The maximum absolute atomic E-state index is 12.1. The summed E-state index contributed by atoms with van der Waals surface area (Å²) in [5.41, 5.74) is 2.94. The fraction of sp³-hybridized carbons (Fsp3) is 0.409. The van der Waals surface area contributed by atoms with Gasteiger partial charge < -0.3 is 19.7 Å². The van der Waals surface area contributed by atoms with Crippen molar-refractivity contribution in [3.63, 3.8) is 0 Å². The van der Waals surface area contributed by atoms with Gasteiger partial charge in [0, 0.05) is 18.8 Å². The first-order valence-electron chi connectivity index (χ1n) is 9.45. The molecule has 1 fully saturated rings. The van der Waals surface area contributed by atoms with Crippen molar-refractivity contribution in [2.75, 3.05) is 32.1 Å². The van der Waals surface area contributed by atoms with Crippen molar-refractivity contribution in [2.45, 2.75) is 32.8 Å². The number of nitrogens with one attached hydrogen (secondary N) is 1. The molecule has 0 aliphatic carbocycles. The molecular formula is C22H28N2O3. The number of amides is 1. The first-order valence-corrected chi connectivity index (χ1v) is 9.45. The van der Waals surface area contributed by atoms with E-state index >= 15 is 0 Å². The molecule has 1 saturated heterocycles. The molecule has 1 amide bonds. The normalized spacial score (nSPS) is 15.4. The fourth-order valence-electron chi connectivity index (χ4n) is 3.21. The number of ether oxygens (including phenoxy) is 2. The minimum Gasteiger partial charge on any atom is -0.490 e. The van der Waals surface area contributed by atoms with Gasteiger partial charge in [-0.25, -0.2) is 0 Å². The highest BCUT2D eigenvalue weighted by Gasteiger charge is 2.17. The van der Waals surface area contributed by atoms with Crippen LogP contribution in [0.2, 0.25) is 0 Å². The van der Waals surface area contributed by atoms with Crippen LogP contribution in [0.25, 0.3) is 0 Å². The maximum Gasteiger partial charge on any atom is 0.262 e. The minimum absolute atomic E-state index is 0.0161. The Morgan fingerprint density at radius 2 is 1.81 bits per heavy atom. The molecule has 2 aromatic rings. The molecule has 27 heavy (non-hydrogen) atoms. The minimum atomic E-state index is -0.182. The third-order valence-electron chi connectivity index (χ3n) is 4.80. The molecule has 0 radical (unpaired) electrons. The van der Waals surface area contributed by atoms with Crippen LogP contribution in [0.15, 0.2) is 42.5 Å². The Balaban J connectivity index is 1.46. The highest BCUT2D eigenvalue weighted by molar-refractivity contribution is 5.91. The lowest BCUT2D eigenvalue weighted by Gasteiger charge is -2.29. The summed E-state index contributed by atoms with van der Waals surface area (Å²) in [5, 5.41) is 2.85. The Morgan fingerprint density at radius 3 is 2.48 bits per heavy atom. The largest absolute Gasteiger partial charge is 0.490 e. The first kappa shape index (κ1) is 19.2. The van der Waals surface area contributed by atoms with Crippen LogP contribution in [-0.4, -0.2) is 43.7 Å². The maximum atomic E-state index is 12.1. The van der Waals surface area contributed by atoms with E-state index in [2.05, 4.69) is 17.3 Å². The zero-order valence-electron chi connectivity index (χ0n) is 16.3. The van der Waals surface area contributed by atoms with E-state index in [0.29, 0.717) is 0 Å². The number of hydrogen-bond acceptors (Lipinski definition) is 4. The van der Waals surface area contributed by atoms with Gasteiger partial charge in [0.2, 0.25) is 0 Å². The zero-order valence-corrected chi connectivity index (χ0v) is 16.3. The van der Waals surface area contributed by atoms with Gasteiger partial charge >= 0.3 is 0 Å². The van der Waals surface area contributed by atoms with Crippen molar-refractivity contribution in [3.05, 3.63) is 53.6 Å². The summed E-state index contributed by atoms with van der Waals surface area (Å²) >= 11 is 0. The lowest BCUT2D eigenvalue weighted by atomic mass is 10.1. The number of carbonyl (C=O) groups is 1. The molecule has 5 nitrogen and oxygen atoms in total. The summed E-state index contributed by atoms with van der Waals surface area (Å²) in [4.78, 5) is 14.4. The highest BCUT2D eigenvalue weighted by atomic mass is 16.5. The predicted molar refractivity (Wildman–Crippen MR) is 108 cm³/mol.